The van der Waals surface area contributed by atoms with Gasteiger partial charge in [0.15, 0.2) is 0 Å². The normalized spacial score (nSPS) is 21.2. The summed E-state index contributed by atoms with van der Waals surface area (Å²) < 4.78 is 0. The van der Waals surface area contributed by atoms with Crippen molar-refractivity contribution in [3.63, 3.8) is 0 Å². The number of hydrogen-bond donors (Lipinski definition) is 1. The van der Waals surface area contributed by atoms with Crippen LogP contribution in [-0.4, -0.2) is 59.1 Å². The molecule has 1 aliphatic rings. The third-order valence-corrected chi connectivity index (χ3v) is 3.98. The molecule has 1 saturated heterocycles. The number of aromatic carboxylic acids is 1. The van der Waals surface area contributed by atoms with Crippen LogP contribution in [0.3, 0.4) is 0 Å². The highest BCUT2D eigenvalue weighted by atomic mass is 32.1. The third-order valence-electron chi connectivity index (χ3n) is 3.10. The second kappa shape index (κ2) is 5.12. The van der Waals surface area contributed by atoms with E-state index in [1.807, 2.05) is 5.38 Å². The molecule has 0 aromatic carbocycles. The molecule has 1 fully saturated rings. The van der Waals surface area contributed by atoms with Gasteiger partial charge in [-0.15, -0.1) is 11.3 Å². The first-order valence-electron chi connectivity index (χ1n) is 5.62. The number of rotatable bonds is 4. The molecule has 6 heteroatoms. The van der Waals surface area contributed by atoms with Crippen molar-refractivity contribution in [3.8, 4) is 0 Å². The maximum absolute atomic E-state index is 10.7. The quantitative estimate of drug-likeness (QED) is 0.869. The molecule has 1 aliphatic heterocycles. The van der Waals surface area contributed by atoms with E-state index in [-0.39, 0.29) is 5.01 Å². The van der Waals surface area contributed by atoms with Crippen LogP contribution in [0.4, 0.5) is 0 Å². The van der Waals surface area contributed by atoms with E-state index in [0.717, 1.165) is 25.3 Å². The van der Waals surface area contributed by atoms with E-state index >= 15 is 0 Å². The van der Waals surface area contributed by atoms with Crippen LogP contribution in [0, 0.1) is 0 Å². The highest BCUT2D eigenvalue weighted by Crippen LogP contribution is 2.17. The first kappa shape index (κ1) is 12.5. The number of carbonyl (C=O) groups is 1. The molecule has 17 heavy (non-hydrogen) atoms. The average Bonchev–Trinajstić information content (AvgIpc) is 2.87. The lowest BCUT2D eigenvalue weighted by molar-refractivity contribution is 0.0696. The van der Waals surface area contributed by atoms with Crippen LogP contribution in [0.5, 0.6) is 0 Å². The Labute approximate surface area is 105 Å². The fourth-order valence-corrected chi connectivity index (χ4v) is 2.73. The van der Waals surface area contributed by atoms with Gasteiger partial charge >= 0.3 is 5.97 Å². The number of nitrogens with zero attached hydrogens (tertiary/aromatic N) is 3. The van der Waals surface area contributed by atoms with Crippen molar-refractivity contribution < 1.29 is 9.90 Å². The van der Waals surface area contributed by atoms with Gasteiger partial charge < -0.3 is 10.0 Å². The molecule has 2 heterocycles. The molecule has 1 aromatic heterocycles. The Balaban J connectivity index is 1.91. The molecule has 94 valence electrons. The van der Waals surface area contributed by atoms with Gasteiger partial charge in [0.25, 0.3) is 0 Å². The Morgan fingerprint density at radius 1 is 1.71 bits per heavy atom. The van der Waals surface area contributed by atoms with Crippen LogP contribution in [-0.2, 0) is 6.54 Å². The van der Waals surface area contributed by atoms with E-state index in [1.165, 1.54) is 17.8 Å². The number of carboxylic acid groups (broad SMARTS) is 1. The van der Waals surface area contributed by atoms with Crippen molar-refractivity contribution in [2.45, 2.75) is 19.0 Å². The molecule has 0 amide bonds. The predicted molar refractivity (Wildman–Crippen MR) is 66.4 cm³/mol. The lowest BCUT2D eigenvalue weighted by atomic mass is 10.2. The van der Waals surface area contributed by atoms with E-state index in [1.54, 1.807) is 0 Å². The van der Waals surface area contributed by atoms with Gasteiger partial charge in [-0.1, -0.05) is 0 Å². The largest absolute Gasteiger partial charge is 0.476 e. The van der Waals surface area contributed by atoms with Crippen LogP contribution >= 0.6 is 11.3 Å². The maximum Gasteiger partial charge on any atom is 0.365 e. The minimum absolute atomic E-state index is 0.184. The lowest BCUT2D eigenvalue weighted by Crippen LogP contribution is -2.31. The molecule has 1 atom stereocenters. The molecule has 1 aromatic rings. The summed E-state index contributed by atoms with van der Waals surface area (Å²) in [5, 5.41) is 10.8. The van der Waals surface area contributed by atoms with Crippen molar-refractivity contribution in [2.75, 3.05) is 27.2 Å². The molecule has 0 aliphatic carbocycles. The molecule has 1 unspecified atom stereocenters. The number of hydrogen-bond acceptors (Lipinski definition) is 5. The first-order chi connectivity index (χ1) is 8.06. The standard InChI is InChI=1S/C11H17N3O2S/c1-13(2)9-3-4-14(6-9)5-8-7-17-10(12-8)11(15)16/h7,9H,3-6H2,1-2H3,(H,15,16). The summed E-state index contributed by atoms with van der Waals surface area (Å²) >= 11 is 1.20. The SMILES string of the molecule is CN(C)C1CCN(Cc2csc(C(=O)O)n2)C1. The summed E-state index contributed by atoms with van der Waals surface area (Å²) in [6, 6.07) is 0.604. The second-order valence-corrected chi connectivity index (χ2v) is 5.45. The number of likely N-dealkylation sites (tertiary alicyclic amines) is 1. The molecule has 0 bridgehead atoms. The molecule has 0 spiro atoms. The zero-order valence-electron chi connectivity index (χ0n) is 10.1. The minimum Gasteiger partial charge on any atom is -0.476 e. The smallest absolute Gasteiger partial charge is 0.365 e. The zero-order chi connectivity index (χ0) is 12.4. The van der Waals surface area contributed by atoms with Crippen molar-refractivity contribution in [1.29, 1.82) is 0 Å². The Morgan fingerprint density at radius 2 is 2.47 bits per heavy atom. The number of thiazole rings is 1. The summed E-state index contributed by atoms with van der Waals surface area (Å²) in [5.74, 6) is -0.936. The Kier molecular flexibility index (Phi) is 3.76. The van der Waals surface area contributed by atoms with E-state index in [0.29, 0.717) is 6.04 Å². The number of likely N-dealkylation sites (N-methyl/N-ethyl adjacent to an activating group) is 1. The van der Waals surface area contributed by atoms with E-state index in [4.69, 9.17) is 5.11 Å². The second-order valence-electron chi connectivity index (χ2n) is 4.59. The summed E-state index contributed by atoms with van der Waals surface area (Å²) in [4.78, 5) is 19.4. The topological polar surface area (TPSA) is 56.7 Å². The van der Waals surface area contributed by atoms with Crippen LogP contribution < -0.4 is 0 Å². The fraction of sp³-hybridized carbons (Fsp3) is 0.636. The highest BCUT2D eigenvalue weighted by molar-refractivity contribution is 7.11. The van der Waals surface area contributed by atoms with Gasteiger partial charge in [0.05, 0.1) is 5.69 Å². The van der Waals surface area contributed by atoms with Crippen LogP contribution in [0.2, 0.25) is 0 Å². The van der Waals surface area contributed by atoms with E-state index < -0.39 is 5.97 Å². The van der Waals surface area contributed by atoms with Gasteiger partial charge in [-0.05, 0) is 20.5 Å². The van der Waals surface area contributed by atoms with Crippen LogP contribution in [0.1, 0.15) is 21.9 Å². The maximum atomic E-state index is 10.7. The van der Waals surface area contributed by atoms with Gasteiger partial charge in [0.2, 0.25) is 5.01 Å². The van der Waals surface area contributed by atoms with Crippen molar-refractivity contribution in [1.82, 2.24) is 14.8 Å². The van der Waals surface area contributed by atoms with Gasteiger partial charge in [-0.25, -0.2) is 9.78 Å². The molecular formula is C11H17N3O2S. The average molecular weight is 255 g/mol. The monoisotopic (exact) mass is 255 g/mol. The summed E-state index contributed by atoms with van der Waals surface area (Å²) in [5.41, 5.74) is 0.867. The molecule has 2 rings (SSSR count). The van der Waals surface area contributed by atoms with E-state index in [9.17, 15) is 4.79 Å². The Bertz CT molecular complexity index is 405. The molecule has 1 N–H and O–H groups in total. The zero-order valence-corrected chi connectivity index (χ0v) is 10.9. The fourth-order valence-electron chi connectivity index (χ4n) is 2.08. The summed E-state index contributed by atoms with van der Waals surface area (Å²) in [7, 11) is 4.19. The van der Waals surface area contributed by atoms with Gasteiger partial charge in [-0.2, -0.15) is 0 Å². The number of aromatic nitrogens is 1. The minimum atomic E-state index is -0.936. The van der Waals surface area contributed by atoms with Gasteiger partial charge in [0.1, 0.15) is 0 Å². The summed E-state index contributed by atoms with van der Waals surface area (Å²) in [6.07, 6.45) is 1.17. The first-order valence-corrected chi connectivity index (χ1v) is 6.50. The van der Waals surface area contributed by atoms with Crippen molar-refractivity contribution >= 4 is 17.3 Å². The van der Waals surface area contributed by atoms with Gasteiger partial charge in [0, 0.05) is 31.1 Å². The third kappa shape index (κ3) is 3.02. The predicted octanol–water partition coefficient (Wildman–Crippen LogP) is 0.977. The van der Waals surface area contributed by atoms with E-state index in [2.05, 4.69) is 28.9 Å². The number of carboxylic acids is 1. The molecular weight excluding hydrogens is 238 g/mol. The van der Waals surface area contributed by atoms with Crippen molar-refractivity contribution in [3.05, 3.63) is 16.1 Å². The Morgan fingerprint density at radius 3 is 3.00 bits per heavy atom. The Hall–Kier alpha value is -0.980. The lowest BCUT2D eigenvalue weighted by Gasteiger charge is -2.19. The van der Waals surface area contributed by atoms with Crippen molar-refractivity contribution in [2.24, 2.45) is 0 Å². The molecule has 0 saturated carbocycles. The van der Waals surface area contributed by atoms with Crippen LogP contribution in [0.15, 0.2) is 5.38 Å². The molecule has 0 radical (unpaired) electrons. The van der Waals surface area contributed by atoms with Crippen LogP contribution in [0.25, 0.3) is 0 Å². The highest BCUT2D eigenvalue weighted by Gasteiger charge is 2.24. The molecule has 5 nitrogen and oxygen atoms in total. The summed E-state index contributed by atoms with van der Waals surface area (Å²) in [6.45, 7) is 2.85. The van der Waals surface area contributed by atoms with Gasteiger partial charge in [-0.3, -0.25) is 4.90 Å².